The molecule has 30 heavy (non-hydrogen) atoms. The minimum absolute atomic E-state index is 0.0143. The Morgan fingerprint density at radius 2 is 1.80 bits per heavy atom. The van der Waals surface area contributed by atoms with Crippen LogP contribution in [0.25, 0.3) is 5.69 Å². The lowest BCUT2D eigenvalue weighted by atomic mass is 10.1. The number of nitro benzene ring substituents is 1. The Bertz CT molecular complexity index is 1040. The van der Waals surface area contributed by atoms with Gasteiger partial charge < -0.3 is 5.32 Å². The van der Waals surface area contributed by atoms with Gasteiger partial charge in [0, 0.05) is 35.6 Å². The largest absolute Gasteiger partial charge is 0.325 e. The van der Waals surface area contributed by atoms with E-state index in [0.29, 0.717) is 12.2 Å². The van der Waals surface area contributed by atoms with Gasteiger partial charge in [0.2, 0.25) is 5.91 Å². The molecule has 0 aliphatic heterocycles. The van der Waals surface area contributed by atoms with Crippen LogP contribution in [-0.4, -0.2) is 38.6 Å². The number of nitrogens with one attached hydrogen (secondary N) is 1. The molecule has 8 heteroatoms. The summed E-state index contributed by atoms with van der Waals surface area (Å²) in [6.07, 6.45) is 0. The van der Waals surface area contributed by atoms with Crippen molar-refractivity contribution in [3.8, 4) is 5.69 Å². The van der Waals surface area contributed by atoms with Crippen molar-refractivity contribution in [2.45, 2.75) is 33.4 Å². The predicted octanol–water partition coefficient (Wildman–Crippen LogP) is 3.86. The number of anilines is 1. The molecule has 1 atom stereocenters. The molecule has 156 valence electrons. The minimum atomic E-state index is -0.470. The van der Waals surface area contributed by atoms with Gasteiger partial charge in [-0.3, -0.25) is 19.8 Å². The number of rotatable bonds is 7. The lowest BCUT2D eigenvalue weighted by Crippen LogP contribution is -2.39. The monoisotopic (exact) mass is 407 g/mol. The first-order chi connectivity index (χ1) is 14.3. The number of para-hydroxylation sites is 1. The van der Waals surface area contributed by atoms with Crippen molar-refractivity contribution in [2.24, 2.45) is 0 Å². The van der Waals surface area contributed by atoms with Crippen LogP contribution in [0.2, 0.25) is 0 Å². The van der Waals surface area contributed by atoms with Crippen LogP contribution in [0, 0.1) is 24.0 Å². The number of hydrogen-bond acceptors (Lipinski definition) is 5. The first kappa shape index (κ1) is 21.2. The number of aryl methyl sites for hydroxylation is 1. The Kier molecular flexibility index (Phi) is 6.27. The van der Waals surface area contributed by atoms with E-state index in [0.717, 1.165) is 22.6 Å². The standard InChI is InChI=1S/C22H25N5O3/c1-15-21(16(2)26(24-15)19-8-6-5-7-9-19)14-25(4)17(3)22(28)23-18-10-12-20(13-11-18)27(29)30/h5-13,17H,14H2,1-4H3,(H,23,28). The lowest BCUT2D eigenvalue weighted by Gasteiger charge is -2.24. The van der Waals surface area contributed by atoms with Gasteiger partial charge in [-0.1, -0.05) is 18.2 Å². The average molecular weight is 407 g/mol. The smallest absolute Gasteiger partial charge is 0.269 e. The molecule has 3 aromatic rings. The predicted molar refractivity (Wildman–Crippen MR) is 116 cm³/mol. The third-order valence-electron chi connectivity index (χ3n) is 5.24. The second kappa shape index (κ2) is 8.87. The van der Waals surface area contributed by atoms with Crippen LogP contribution in [0.15, 0.2) is 54.6 Å². The van der Waals surface area contributed by atoms with E-state index in [9.17, 15) is 14.9 Å². The van der Waals surface area contributed by atoms with E-state index in [1.807, 2.05) is 67.7 Å². The molecule has 0 fully saturated rings. The van der Waals surface area contributed by atoms with Gasteiger partial charge in [-0.15, -0.1) is 0 Å². The number of likely N-dealkylation sites (N-methyl/N-ethyl adjacent to an activating group) is 1. The van der Waals surface area contributed by atoms with Crippen molar-refractivity contribution in [3.05, 3.63) is 81.7 Å². The molecule has 0 aliphatic rings. The molecule has 0 bridgehead atoms. The Morgan fingerprint density at radius 1 is 1.17 bits per heavy atom. The number of carbonyl (C=O) groups is 1. The van der Waals surface area contributed by atoms with Crippen LogP contribution in [0.1, 0.15) is 23.9 Å². The zero-order valence-electron chi connectivity index (χ0n) is 17.5. The van der Waals surface area contributed by atoms with E-state index in [1.54, 1.807) is 0 Å². The van der Waals surface area contributed by atoms with Crippen LogP contribution in [0.5, 0.6) is 0 Å². The highest BCUT2D eigenvalue weighted by Gasteiger charge is 2.22. The van der Waals surface area contributed by atoms with Crippen molar-refractivity contribution in [1.82, 2.24) is 14.7 Å². The first-order valence-corrected chi connectivity index (χ1v) is 9.64. The summed E-state index contributed by atoms with van der Waals surface area (Å²) in [7, 11) is 1.89. The maximum atomic E-state index is 12.7. The molecule has 0 saturated carbocycles. The number of aromatic nitrogens is 2. The molecule has 1 aromatic heterocycles. The van der Waals surface area contributed by atoms with Crippen LogP contribution in [0.4, 0.5) is 11.4 Å². The highest BCUT2D eigenvalue weighted by molar-refractivity contribution is 5.94. The quantitative estimate of drug-likeness (QED) is 0.474. The number of carbonyl (C=O) groups excluding carboxylic acids is 1. The maximum absolute atomic E-state index is 12.7. The van der Waals surface area contributed by atoms with E-state index in [2.05, 4.69) is 10.4 Å². The van der Waals surface area contributed by atoms with Crippen LogP contribution < -0.4 is 5.32 Å². The number of hydrogen-bond donors (Lipinski definition) is 1. The van der Waals surface area contributed by atoms with E-state index < -0.39 is 11.0 Å². The highest BCUT2D eigenvalue weighted by atomic mass is 16.6. The molecule has 1 N–H and O–H groups in total. The molecule has 1 heterocycles. The molecule has 3 rings (SSSR count). The summed E-state index contributed by atoms with van der Waals surface area (Å²) >= 11 is 0. The highest BCUT2D eigenvalue weighted by Crippen LogP contribution is 2.21. The molecular weight excluding hydrogens is 382 g/mol. The van der Waals surface area contributed by atoms with Gasteiger partial charge in [0.15, 0.2) is 0 Å². The van der Waals surface area contributed by atoms with Crippen LogP contribution >= 0.6 is 0 Å². The second-order valence-corrected chi connectivity index (χ2v) is 7.28. The molecule has 2 aromatic carbocycles. The Balaban J connectivity index is 1.69. The Morgan fingerprint density at radius 3 is 2.40 bits per heavy atom. The van der Waals surface area contributed by atoms with Crippen LogP contribution in [0.3, 0.4) is 0 Å². The first-order valence-electron chi connectivity index (χ1n) is 9.64. The van der Waals surface area contributed by atoms with E-state index >= 15 is 0 Å². The fourth-order valence-electron chi connectivity index (χ4n) is 3.22. The van der Waals surface area contributed by atoms with Gasteiger partial charge in [-0.2, -0.15) is 5.10 Å². The summed E-state index contributed by atoms with van der Waals surface area (Å²) in [5.41, 5.74) is 4.54. The summed E-state index contributed by atoms with van der Waals surface area (Å²) in [4.78, 5) is 24.9. The Labute approximate surface area is 175 Å². The number of nitrogens with zero attached hydrogens (tertiary/aromatic N) is 4. The van der Waals surface area contributed by atoms with Crippen molar-refractivity contribution in [1.29, 1.82) is 0 Å². The molecule has 0 spiro atoms. The molecule has 0 radical (unpaired) electrons. The van der Waals surface area contributed by atoms with E-state index in [4.69, 9.17) is 0 Å². The molecule has 0 saturated heterocycles. The number of nitro groups is 1. The summed E-state index contributed by atoms with van der Waals surface area (Å²) in [6.45, 7) is 6.39. The normalized spacial score (nSPS) is 12.0. The molecule has 8 nitrogen and oxygen atoms in total. The topological polar surface area (TPSA) is 93.3 Å². The third kappa shape index (κ3) is 4.55. The third-order valence-corrected chi connectivity index (χ3v) is 5.24. The van der Waals surface area contributed by atoms with Gasteiger partial charge in [0.25, 0.3) is 5.69 Å². The summed E-state index contributed by atoms with van der Waals surface area (Å²) < 4.78 is 1.92. The minimum Gasteiger partial charge on any atom is -0.325 e. The molecule has 1 amide bonds. The number of benzene rings is 2. The fourth-order valence-corrected chi connectivity index (χ4v) is 3.22. The van der Waals surface area contributed by atoms with Crippen molar-refractivity contribution in [3.63, 3.8) is 0 Å². The summed E-state index contributed by atoms with van der Waals surface area (Å²) in [5.74, 6) is -0.183. The lowest BCUT2D eigenvalue weighted by molar-refractivity contribution is -0.384. The van der Waals surface area contributed by atoms with E-state index in [-0.39, 0.29) is 11.6 Å². The van der Waals surface area contributed by atoms with Gasteiger partial charge in [0.05, 0.1) is 22.3 Å². The average Bonchev–Trinajstić information content (AvgIpc) is 3.02. The molecule has 1 unspecified atom stereocenters. The molecular formula is C22H25N5O3. The van der Waals surface area contributed by atoms with Gasteiger partial charge in [0.1, 0.15) is 0 Å². The van der Waals surface area contributed by atoms with E-state index in [1.165, 1.54) is 24.3 Å². The Hall–Kier alpha value is -3.52. The fraction of sp³-hybridized carbons (Fsp3) is 0.273. The zero-order valence-corrected chi connectivity index (χ0v) is 17.5. The maximum Gasteiger partial charge on any atom is 0.269 e. The van der Waals surface area contributed by atoms with Crippen molar-refractivity contribution < 1.29 is 9.72 Å². The summed E-state index contributed by atoms with van der Waals surface area (Å²) in [6, 6.07) is 15.3. The number of amides is 1. The van der Waals surface area contributed by atoms with Crippen LogP contribution in [-0.2, 0) is 11.3 Å². The van der Waals surface area contributed by atoms with Crippen molar-refractivity contribution in [2.75, 3.05) is 12.4 Å². The SMILES string of the molecule is Cc1nn(-c2ccccc2)c(C)c1CN(C)C(C)C(=O)Nc1ccc([N+](=O)[O-])cc1. The molecule has 0 aliphatic carbocycles. The van der Waals surface area contributed by atoms with Gasteiger partial charge >= 0.3 is 0 Å². The zero-order chi connectivity index (χ0) is 21.8. The second-order valence-electron chi connectivity index (χ2n) is 7.28. The summed E-state index contributed by atoms with van der Waals surface area (Å²) in [5, 5.41) is 18.2. The van der Waals surface area contributed by atoms with Gasteiger partial charge in [-0.05, 0) is 52.1 Å². The van der Waals surface area contributed by atoms with Gasteiger partial charge in [-0.25, -0.2) is 4.68 Å². The van der Waals surface area contributed by atoms with Crippen molar-refractivity contribution >= 4 is 17.3 Å². The number of non-ortho nitro benzene ring substituents is 1.